The van der Waals surface area contributed by atoms with Crippen molar-refractivity contribution in [3.63, 3.8) is 0 Å². The highest BCUT2D eigenvalue weighted by molar-refractivity contribution is 9.10. The Bertz CT molecular complexity index is 1290. The van der Waals surface area contributed by atoms with Gasteiger partial charge in [-0.3, -0.25) is 9.59 Å². The molecule has 1 atom stereocenters. The normalized spacial score (nSPS) is 16.3. The summed E-state index contributed by atoms with van der Waals surface area (Å²) in [6, 6.07) is 19.4. The molecule has 1 N–H and O–H groups in total. The molecule has 27 heavy (non-hydrogen) atoms. The smallest absolute Gasteiger partial charge is 0.312 e. The van der Waals surface area contributed by atoms with E-state index >= 15 is 0 Å². The van der Waals surface area contributed by atoms with Gasteiger partial charge in [-0.05, 0) is 23.1 Å². The monoisotopic (exact) mass is 419 g/mol. The van der Waals surface area contributed by atoms with Crippen molar-refractivity contribution in [2.75, 3.05) is 0 Å². The lowest BCUT2D eigenvalue weighted by Gasteiger charge is -2.26. The van der Waals surface area contributed by atoms with Crippen molar-refractivity contribution in [3.05, 3.63) is 86.6 Å². The maximum absolute atomic E-state index is 13.1. The van der Waals surface area contributed by atoms with Crippen LogP contribution >= 0.6 is 15.9 Å². The predicted molar refractivity (Wildman–Crippen MR) is 108 cm³/mol. The average Bonchev–Trinajstić information content (AvgIpc) is 2.67. The number of halogens is 1. The molecule has 5 rings (SSSR count). The minimum absolute atomic E-state index is 0.137. The van der Waals surface area contributed by atoms with Crippen LogP contribution in [0.4, 0.5) is 0 Å². The summed E-state index contributed by atoms with van der Waals surface area (Å²) < 4.78 is 6.46. The minimum atomic E-state index is -0.351. The number of hydrogen-bond acceptors (Lipinski definition) is 3. The van der Waals surface area contributed by atoms with Crippen LogP contribution < -0.4 is 10.3 Å². The zero-order valence-electron chi connectivity index (χ0n) is 14.2. The molecule has 0 aliphatic carbocycles. The molecule has 4 nitrogen and oxygen atoms in total. The Morgan fingerprint density at radius 2 is 1.70 bits per heavy atom. The first-order valence-electron chi connectivity index (χ1n) is 8.66. The van der Waals surface area contributed by atoms with Crippen LogP contribution in [-0.4, -0.2) is 11.0 Å². The summed E-state index contributed by atoms with van der Waals surface area (Å²) in [4.78, 5) is 28.5. The van der Waals surface area contributed by atoms with Crippen molar-refractivity contribution >= 4 is 43.6 Å². The number of carbonyl (C=O) groups excluding carboxylic acids is 1. The van der Waals surface area contributed by atoms with Gasteiger partial charge in [0.15, 0.2) is 0 Å². The molecule has 1 aliphatic rings. The van der Waals surface area contributed by atoms with E-state index in [1.807, 2.05) is 60.7 Å². The van der Waals surface area contributed by atoms with Crippen molar-refractivity contribution in [1.82, 2.24) is 4.98 Å². The molecule has 0 radical (unpaired) electrons. The molecule has 1 aliphatic heterocycles. The van der Waals surface area contributed by atoms with E-state index in [0.717, 1.165) is 26.2 Å². The number of H-pyrrole nitrogens is 1. The van der Waals surface area contributed by atoms with E-state index in [9.17, 15) is 9.59 Å². The average molecular weight is 420 g/mol. The fourth-order valence-corrected chi connectivity index (χ4v) is 4.46. The third kappa shape index (κ3) is 2.50. The Hall–Kier alpha value is -2.92. The van der Waals surface area contributed by atoms with E-state index in [4.69, 9.17) is 4.74 Å². The van der Waals surface area contributed by atoms with Crippen molar-refractivity contribution < 1.29 is 9.53 Å². The van der Waals surface area contributed by atoms with Gasteiger partial charge in [0.25, 0.3) is 5.56 Å². The molecule has 132 valence electrons. The maximum atomic E-state index is 13.1. The molecule has 1 unspecified atom stereocenters. The van der Waals surface area contributed by atoms with Crippen molar-refractivity contribution in [1.29, 1.82) is 0 Å². The number of hydrogen-bond donors (Lipinski definition) is 1. The van der Waals surface area contributed by atoms with E-state index in [2.05, 4.69) is 20.9 Å². The number of pyridine rings is 1. The third-order valence-corrected chi connectivity index (χ3v) is 5.84. The van der Waals surface area contributed by atoms with Gasteiger partial charge in [-0.1, -0.05) is 64.5 Å². The second-order valence-corrected chi connectivity index (χ2v) is 7.51. The SMILES string of the molecule is O=C1CC(c2ccccc2Br)c2c(c3ccc4ccccc4c3[nH]c2=O)O1. The molecule has 0 saturated carbocycles. The molecule has 2 heterocycles. The Morgan fingerprint density at radius 3 is 2.56 bits per heavy atom. The van der Waals surface area contributed by atoms with Gasteiger partial charge in [0.05, 0.1) is 17.5 Å². The van der Waals surface area contributed by atoms with Crippen molar-refractivity contribution in [2.45, 2.75) is 12.3 Å². The van der Waals surface area contributed by atoms with Crippen LogP contribution in [0.3, 0.4) is 0 Å². The highest BCUT2D eigenvalue weighted by atomic mass is 79.9. The van der Waals surface area contributed by atoms with E-state index in [1.54, 1.807) is 0 Å². The molecular formula is C22H14BrNO3. The lowest BCUT2D eigenvalue weighted by molar-refractivity contribution is -0.135. The second kappa shape index (κ2) is 6.06. The van der Waals surface area contributed by atoms with Gasteiger partial charge in [0.1, 0.15) is 5.75 Å². The quantitative estimate of drug-likeness (QED) is 0.353. The van der Waals surface area contributed by atoms with Crippen LogP contribution in [0, 0.1) is 0 Å². The highest BCUT2D eigenvalue weighted by Gasteiger charge is 2.33. The predicted octanol–water partition coefficient (Wildman–Crippen LogP) is 4.88. The van der Waals surface area contributed by atoms with Crippen molar-refractivity contribution in [3.8, 4) is 5.75 Å². The number of fused-ring (bicyclic) bond motifs is 5. The topological polar surface area (TPSA) is 59.2 Å². The Balaban J connectivity index is 1.87. The number of nitrogens with one attached hydrogen (secondary N) is 1. The molecule has 4 aromatic rings. The van der Waals surface area contributed by atoms with Gasteiger partial charge in [0, 0.05) is 21.2 Å². The molecule has 3 aromatic carbocycles. The van der Waals surface area contributed by atoms with Crippen LogP contribution in [0.1, 0.15) is 23.5 Å². The first-order chi connectivity index (χ1) is 13.1. The highest BCUT2D eigenvalue weighted by Crippen LogP contribution is 2.42. The van der Waals surface area contributed by atoms with Gasteiger partial charge in [-0.15, -0.1) is 0 Å². The largest absolute Gasteiger partial charge is 0.425 e. The lowest BCUT2D eigenvalue weighted by atomic mass is 9.86. The summed E-state index contributed by atoms with van der Waals surface area (Å²) in [7, 11) is 0. The van der Waals surface area contributed by atoms with Crippen LogP contribution in [-0.2, 0) is 4.79 Å². The Kier molecular flexibility index (Phi) is 3.65. The third-order valence-electron chi connectivity index (χ3n) is 5.12. The number of rotatable bonds is 1. The number of esters is 1. The van der Waals surface area contributed by atoms with Crippen LogP contribution in [0.5, 0.6) is 5.75 Å². The fraction of sp³-hybridized carbons (Fsp3) is 0.0909. The first-order valence-corrected chi connectivity index (χ1v) is 9.45. The summed E-state index contributed by atoms with van der Waals surface area (Å²) in [5.41, 5.74) is 1.88. The van der Waals surface area contributed by atoms with E-state index in [0.29, 0.717) is 16.8 Å². The number of benzene rings is 3. The number of aromatic amines is 1. The zero-order valence-corrected chi connectivity index (χ0v) is 15.7. The zero-order chi connectivity index (χ0) is 18.5. The summed E-state index contributed by atoms with van der Waals surface area (Å²) in [5.74, 6) is -0.309. The molecular weight excluding hydrogens is 406 g/mol. The van der Waals surface area contributed by atoms with Crippen LogP contribution in [0.25, 0.3) is 21.7 Å². The van der Waals surface area contributed by atoms with Gasteiger partial charge >= 0.3 is 5.97 Å². The summed E-state index contributed by atoms with van der Waals surface area (Å²) in [6.07, 6.45) is 0.137. The van der Waals surface area contributed by atoms with Gasteiger partial charge < -0.3 is 9.72 Å². The number of carbonyl (C=O) groups is 1. The first kappa shape index (κ1) is 16.3. The van der Waals surface area contributed by atoms with Gasteiger partial charge in [0.2, 0.25) is 0 Å². The summed E-state index contributed by atoms with van der Waals surface area (Å²) in [6.45, 7) is 0. The van der Waals surface area contributed by atoms with Gasteiger partial charge in [-0.25, -0.2) is 0 Å². The Morgan fingerprint density at radius 1 is 0.926 bits per heavy atom. The molecule has 0 amide bonds. The van der Waals surface area contributed by atoms with E-state index < -0.39 is 0 Å². The molecule has 0 fully saturated rings. The standard InChI is InChI=1S/C22H14BrNO3/c23-17-8-4-3-7-14(17)16-11-18(25)27-21-15-10-9-12-5-1-2-6-13(12)20(15)24-22(26)19(16)21/h1-10,16H,11H2,(H,24,26). The molecule has 0 spiro atoms. The van der Waals surface area contributed by atoms with E-state index in [-0.39, 0.29) is 23.9 Å². The van der Waals surface area contributed by atoms with Crippen LogP contribution in [0.2, 0.25) is 0 Å². The fourth-order valence-electron chi connectivity index (χ4n) is 3.90. The summed E-state index contributed by atoms with van der Waals surface area (Å²) >= 11 is 3.55. The second-order valence-electron chi connectivity index (χ2n) is 6.66. The maximum Gasteiger partial charge on any atom is 0.312 e. The molecule has 5 heteroatoms. The molecule has 1 aromatic heterocycles. The molecule has 0 saturated heterocycles. The van der Waals surface area contributed by atoms with Gasteiger partial charge in [-0.2, -0.15) is 0 Å². The Labute approximate surface area is 162 Å². The summed E-state index contributed by atoms with van der Waals surface area (Å²) in [5, 5.41) is 2.69. The lowest BCUT2D eigenvalue weighted by Crippen LogP contribution is -2.28. The number of ether oxygens (including phenoxy) is 1. The van der Waals surface area contributed by atoms with Crippen LogP contribution in [0.15, 0.2) is 69.9 Å². The molecule has 0 bridgehead atoms. The minimum Gasteiger partial charge on any atom is -0.425 e. The van der Waals surface area contributed by atoms with E-state index in [1.165, 1.54) is 0 Å². The number of aromatic nitrogens is 1. The van der Waals surface area contributed by atoms with Crippen molar-refractivity contribution in [2.24, 2.45) is 0 Å².